The van der Waals surface area contributed by atoms with Crippen molar-refractivity contribution in [2.24, 2.45) is 34.5 Å². The van der Waals surface area contributed by atoms with Crippen molar-refractivity contribution >= 4 is 0 Å². The molecule has 0 radical (unpaired) electrons. The smallest absolute Gasteiger partial charge is 0.140 e. The molecule has 4 aliphatic rings. The van der Waals surface area contributed by atoms with Gasteiger partial charge in [0.1, 0.15) is 5.76 Å². The van der Waals surface area contributed by atoms with E-state index in [0.29, 0.717) is 16.7 Å². The van der Waals surface area contributed by atoms with Gasteiger partial charge in [0.2, 0.25) is 0 Å². The highest BCUT2D eigenvalue weighted by Gasteiger charge is 2.61. The Kier molecular flexibility index (Phi) is 3.72. The Bertz CT molecular complexity index is 668. The predicted molar refractivity (Wildman–Crippen MR) is 102 cm³/mol. The number of hydrogen-bond acceptors (Lipinski definition) is 3. The largest absolute Gasteiger partial charge is 0.390 e. The average molecular weight is 358 g/mol. The molecule has 4 saturated carbocycles. The third-order valence-electron chi connectivity index (χ3n) is 9.75. The minimum Gasteiger partial charge on any atom is -0.390 e. The van der Waals surface area contributed by atoms with Crippen molar-refractivity contribution in [3.8, 4) is 0 Å². The minimum absolute atomic E-state index is 0.393. The average Bonchev–Trinajstić information content (AvgIpc) is 3.22. The second-order valence-corrected chi connectivity index (χ2v) is 10.9. The van der Waals surface area contributed by atoms with Crippen molar-refractivity contribution in [1.82, 2.24) is 5.16 Å². The van der Waals surface area contributed by atoms with Gasteiger partial charge < -0.3 is 9.63 Å². The van der Waals surface area contributed by atoms with E-state index in [1.165, 1.54) is 44.9 Å². The highest BCUT2D eigenvalue weighted by molar-refractivity contribution is 5.17. The summed E-state index contributed by atoms with van der Waals surface area (Å²) in [4.78, 5) is 0. The van der Waals surface area contributed by atoms with Crippen molar-refractivity contribution in [3.05, 3.63) is 18.0 Å². The lowest BCUT2D eigenvalue weighted by Gasteiger charge is -2.61. The first kappa shape index (κ1) is 17.3. The van der Waals surface area contributed by atoms with Crippen LogP contribution in [-0.4, -0.2) is 15.9 Å². The Labute approximate surface area is 157 Å². The lowest BCUT2D eigenvalue weighted by atomic mass is 9.44. The highest BCUT2D eigenvalue weighted by atomic mass is 16.5. The summed E-state index contributed by atoms with van der Waals surface area (Å²) in [5.74, 6) is 5.00. The Balaban J connectivity index is 1.43. The van der Waals surface area contributed by atoms with Crippen molar-refractivity contribution in [2.75, 3.05) is 0 Å². The van der Waals surface area contributed by atoms with Gasteiger partial charge in [-0.2, -0.15) is 0 Å². The first-order valence-electron chi connectivity index (χ1n) is 11.0. The van der Waals surface area contributed by atoms with Crippen LogP contribution in [0.1, 0.15) is 90.2 Å². The van der Waals surface area contributed by atoms with Crippen LogP contribution < -0.4 is 0 Å². The molecule has 5 rings (SSSR count). The molecule has 8 atom stereocenters. The van der Waals surface area contributed by atoms with E-state index >= 15 is 0 Å². The molecule has 3 nitrogen and oxygen atoms in total. The Morgan fingerprint density at radius 3 is 2.54 bits per heavy atom. The number of aromatic nitrogens is 1. The second kappa shape index (κ2) is 5.59. The zero-order valence-corrected chi connectivity index (χ0v) is 16.7. The number of nitrogens with zero attached hydrogens (tertiary/aromatic N) is 1. The molecule has 0 spiro atoms. The Morgan fingerprint density at radius 2 is 1.77 bits per heavy atom. The van der Waals surface area contributed by atoms with E-state index in [-0.39, 0.29) is 0 Å². The van der Waals surface area contributed by atoms with Gasteiger partial charge in [-0.05, 0) is 99.2 Å². The van der Waals surface area contributed by atoms with Gasteiger partial charge in [0, 0.05) is 12.0 Å². The van der Waals surface area contributed by atoms with Gasteiger partial charge in [-0.25, -0.2) is 0 Å². The fraction of sp³-hybridized carbons (Fsp3) is 0.870. The summed E-state index contributed by atoms with van der Waals surface area (Å²) in [6.07, 6.45) is 13.1. The highest BCUT2D eigenvalue weighted by Crippen LogP contribution is 2.69. The van der Waals surface area contributed by atoms with Gasteiger partial charge in [-0.3, -0.25) is 0 Å². The lowest BCUT2D eigenvalue weighted by Crippen LogP contribution is -2.55. The van der Waals surface area contributed by atoms with Gasteiger partial charge in [-0.1, -0.05) is 19.0 Å². The van der Waals surface area contributed by atoms with Crippen molar-refractivity contribution in [2.45, 2.75) is 90.1 Å². The maximum absolute atomic E-state index is 10.6. The third-order valence-corrected chi connectivity index (χ3v) is 9.75. The van der Waals surface area contributed by atoms with Crippen LogP contribution in [0.5, 0.6) is 0 Å². The first-order valence-corrected chi connectivity index (χ1v) is 11.0. The second-order valence-electron chi connectivity index (χ2n) is 10.9. The van der Waals surface area contributed by atoms with E-state index < -0.39 is 5.60 Å². The van der Waals surface area contributed by atoms with Crippen molar-refractivity contribution < 1.29 is 9.63 Å². The molecule has 1 aromatic heterocycles. The quantitative estimate of drug-likeness (QED) is 0.716. The topological polar surface area (TPSA) is 46.3 Å². The number of hydrogen-bond donors (Lipinski definition) is 1. The summed E-state index contributed by atoms with van der Waals surface area (Å²) in [5.41, 5.74) is 0.422. The van der Waals surface area contributed by atoms with Crippen LogP contribution in [0.15, 0.2) is 16.8 Å². The summed E-state index contributed by atoms with van der Waals surface area (Å²) in [6.45, 7) is 7.19. The summed E-state index contributed by atoms with van der Waals surface area (Å²) < 4.78 is 5.62. The van der Waals surface area contributed by atoms with E-state index in [4.69, 9.17) is 4.52 Å². The predicted octanol–water partition coefficient (Wildman–Crippen LogP) is 5.55. The van der Waals surface area contributed by atoms with Gasteiger partial charge in [-0.15, -0.1) is 0 Å². The van der Waals surface area contributed by atoms with Crippen molar-refractivity contribution in [3.63, 3.8) is 0 Å². The van der Waals surface area contributed by atoms with E-state index in [2.05, 4.69) is 32.0 Å². The molecule has 0 bridgehead atoms. The molecule has 26 heavy (non-hydrogen) atoms. The molecule has 0 unspecified atom stereocenters. The van der Waals surface area contributed by atoms with E-state index in [1.807, 2.05) is 6.20 Å². The molecule has 3 heteroatoms. The lowest BCUT2D eigenvalue weighted by molar-refractivity contribution is -0.144. The Hall–Kier alpha value is -0.830. The standard InChI is InChI=1S/C23H35NO2/c1-21(25)11-12-22(2)15(14-21)4-5-16-17-6-7-19(20-9-13-24-26-20)23(17,3)10-8-18(16)22/h9,13,15-19,25H,4-8,10-12,14H2,1-3H3/t15-,16-,17-,18-,19+,21+,22-,23-/m0/s1. The third kappa shape index (κ3) is 2.31. The molecular weight excluding hydrogens is 322 g/mol. The monoisotopic (exact) mass is 357 g/mol. The molecule has 0 saturated heterocycles. The molecule has 0 aliphatic heterocycles. The fourth-order valence-electron chi connectivity index (χ4n) is 8.30. The van der Waals surface area contributed by atoms with Gasteiger partial charge >= 0.3 is 0 Å². The van der Waals surface area contributed by atoms with Crippen molar-refractivity contribution in [1.29, 1.82) is 0 Å². The SMILES string of the molecule is C[C@@]1(O)CC[C@@]2(C)[C@@H](CC[C@@H]3[C@@H]2CC[C@]2(C)[C@@H](c4ccno4)CC[C@@H]32)C1. The molecule has 0 amide bonds. The maximum atomic E-state index is 10.6. The number of aliphatic hydroxyl groups is 1. The van der Waals surface area contributed by atoms with Crippen LogP contribution in [0.2, 0.25) is 0 Å². The summed E-state index contributed by atoms with van der Waals surface area (Å²) in [5, 5.41) is 14.6. The minimum atomic E-state index is -0.426. The van der Waals surface area contributed by atoms with Crippen LogP contribution in [0.4, 0.5) is 0 Å². The Morgan fingerprint density at radius 1 is 0.962 bits per heavy atom. The van der Waals surface area contributed by atoms with E-state index in [9.17, 15) is 5.11 Å². The van der Waals surface area contributed by atoms with Gasteiger partial charge in [0.25, 0.3) is 0 Å². The number of fused-ring (bicyclic) bond motifs is 5. The molecule has 1 aromatic rings. The zero-order valence-electron chi connectivity index (χ0n) is 16.7. The summed E-state index contributed by atoms with van der Waals surface area (Å²) in [6, 6.07) is 2.10. The zero-order chi connectivity index (χ0) is 18.2. The molecular formula is C23H35NO2. The van der Waals surface area contributed by atoms with Crippen LogP contribution in [0.25, 0.3) is 0 Å². The van der Waals surface area contributed by atoms with Crippen LogP contribution in [0.3, 0.4) is 0 Å². The molecule has 4 fully saturated rings. The summed E-state index contributed by atoms with van der Waals surface area (Å²) >= 11 is 0. The molecule has 1 heterocycles. The van der Waals surface area contributed by atoms with Crippen LogP contribution in [-0.2, 0) is 0 Å². The summed E-state index contributed by atoms with van der Waals surface area (Å²) in [7, 11) is 0. The van der Waals surface area contributed by atoms with E-state index in [1.54, 1.807) is 0 Å². The molecule has 0 aromatic carbocycles. The fourth-order valence-corrected chi connectivity index (χ4v) is 8.30. The van der Waals surface area contributed by atoms with E-state index in [0.717, 1.165) is 42.3 Å². The van der Waals surface area contributed by atoms with Gasteiger partial charge in [0.15, 0.2) is 0 Å². The maximum Gasteiger partial charge on any atom is 0.140 e. The van der Waals surface area contributed by atoms with Crippen LogP contribution >= 0.6 is 0 Å². The molecule has 144 valence electrons. The first-order chi connectivity index (χ1) is 12.3. The van der Waals surface area contributed by atoms with Crippen LogP contribution in [0, 0.1) is 34.5 Å². The van der Waals surface area contributed by atoms with Gasteiger partial charge in [0.05, 0.1) is 11.8 Å². The molecule has 4 aliphatic carbocycles. The number of rotatable bonds is 1. The molecule has 1 N–H and O–H groups in total. The normalized spacial score (nSPS) is 53.6.